The van der Waals surface area contributed by atoms with Crippen molar-refractivity contribution in [3.63, 3.8) is 0 Å². The zero-order chi connectivity index (χ0) is 13.8. The summed E-state index contributed by atoms with van der Waals surface area (Å²) in [6.45, 7) is 3.85. The van der Waals surface area contributed by atoms with Crippen LogP contribution in [0.15, 0.2) is 29.1 Å². The Morgan fingerprint density at radius 2 is 2.16 bits per heavy atom. The molecule has 0 saturated carbocycles. The number of aryl methyl sites for hydroxylation is 1. The zero-order valence-corrected chi connectivity index (χ0v) is 11.5. The molecular formula is C15H18N2O2. The van der Waals surface area contributed by atoms with E-state index in [4.69, 9.17) is 4.74 Å². The second-order valence-corrected chi connectivity index (χ2v) is 4.47. The SMILES string of the molecule is CCCc1nc(-c2cccc(OC)c2)c(C)c(=O)[nH]1. The quantitative estimate of drug-likeness (QED) is 0.917. The highest BCUT2D eigenvalue weighted by Crippen LogP contribution is 2.23. The van der Waals surface area contributed by atoms with Gasteiger partial charge in [0.1, 0.15) is 11.6 Å². The molecule has 19 heavy (non-hydrogen) atoms. The minimum atomic E-state index is -0.0729. The molecule has 0 atom stereocenters. The summed E-state index contributed by atoms with van der Waals surface area (Å²) in [6.07, 6.45) is 1.72. The molecule has 0 amide bonds. The molecule has 0 radical (unpaired) electrons. The van der Waals surface area contributed by atoms with Crippen LogP contribution in [-0.4, -0.2) is 17.1 Å². The van der Waals surface area contributed by atoms with Crippen LogP contribution < -0.4 is 10.3 Å². The van der Waals surface area contributed by atoms with Crippen molar-refractivity contribution in [2.24, 2.45) is 0 Å². The van der Waals surface area contributed by atoms with Crippen LogP contribution in [0.25, 0.3) is 11.3 Å². The Kier molecular flexibility index (Phi) is 4.00. The Balaban J connectivity index is 2.56. The van der Waals surface area contributed by atoms with E-state index >= 15 is 0 Å². The number of nitrogens with zero attached hydrogens (tertiary/aromatic N) is 1. The van der Waals surface area contributed by atoms with Gasteiger partial charge in [-0.25, -0.2) is 4.98 Å². The molecular weight excluding hydrogens is 240 g/mol. The van der Waals surface area contributed by atoms with Gasteiger partial charge in [0.05, 0.1) is 12.8 Å². The molecule has 4 nitrogen and oxygen atoms in total. The average Bonchev–Trinajstić information content (AvgIpc) is 2.43. The van der Waals surface area contributed by atoms with Gasteiger partial charge in [-0.05, 0) is 25.5 Å². The van der Waals surface area contributed by atoms with E-state index in [-0.39, 0.29) is 5.56 Å². The van der Waals surface area contributed by atoms with E-state index in [0.29, 0.717) is 5.56 Å². The van der Waals surface area contributed by atoms with Crippen molar-refractivity contribution < 1.29 is 4.74 Å². The third-order valence-corrected chi connectivity index (χ3v) is 3.03. The summed E-state index contributed by atoms with van der Waals surface area (Å²) in [4.78, 5) is 19.3. The highest BCUT2D eigenvalue weighted by Gasteiger charge is 2.10. The summed E-state index contributed by atoms with van der Waals surface area (Å²) in [7, 11) is 1.62. The van der Waals surface area contributed by atoms with Crippen LogP contribution in [0.4, 0.5) is 0 Å². The molecule has 2 aromatic rings. The maximum Gasteiger partial charge on any atom is 0.254 e. The highest BCUT2D eigenvalue weighted by molar-refractivity contribution is 5.64. The van der Waals surface area contributed by atoms with Crippen molar-refractivity contribution >= 4 is 0 Å². The summed E-state index contributed by atoms with van der Waals surface area (Å²) in [5.74, 6) is 1.49. The number of methoxy groups -OCH3 is 1. The van der Waals surface area contributed by atoms with Crippen molar-refractivity contribution in [3.05, 3.63) is 46.0 Å². The van der Waals surface area contributed by atoms with Crippen LogP contribution in [0.2, 0.25) is 0 Å². The minimum absolute atomic E-state index is 0.0729. The van der Waals surface area contributed by atoms with Gasteiger partial charge < -0.3 is 9.72 Å². The number of ether oxygens (including phenoxy) is 1. The molecule has 1 N–H and O–H groups in total. The molecule has 1 heterocycles. The molecule has 0 aliphatic rings. The normalized spacial score (nSPS) is 10.5. The summed E-state index contributed by atoms with van der Waals surface area (Å²) < 4.78 is 5.21. The Morgan fingerprint density at radius 1 is 1.37 bits per heavy atom. The van der Waals surface area contributed by atoms with Crippen LogP contribution in [-0.2, 0) is 6.42 Å². The fraction of sp³-hybridized carbons (Fsp3) is 0.333. The number of H-pyrrole nitrogens is 1. The first-order valence-electron chi connectivity index (χ1n) is 6.40. The molecule has 0 aliphatic heterocycles. The molecule has 1 aromatic carbocycles. The van der Waals surface area contributed by atoms with Crippen LogP contribution in [0.5, 0.6) is 5.75 Å². The number of aromatic nitrogens is 2. The van der Waals surface area contributed by atoms with E-state index in [0.717, 1.165) is 35.7 Å². The lowest BCUT2D eigenvalue weighted by atomic mass is 10.1. The van der Waals surface area contributed by atoms with Crippen LogP contribution in [0.3, 0.4) is 0 Å². The van der Waals surface area contributed by atoms with E-state index < -0.39 is 0 Å². The van der Waals surface area contributed by atoms with Gasteiger partial charge in [-0.15, -0.1) is 0 Å². The van der Waals surface area contributed by atoms with Crippen molar-refractivity contribution in [3.8, 4) is 17.0 Å². The van der Waals surface area contributed by atoms with Crippen LogP contribution in [0, 0.1) is 6.92 Å². The zero-order valence-electron chi connectivity index (χ0n) is 11.5. The molecule has 0 spiro atoms. The maximum atomic E-state index is 11.9. The Morgan fingerprint density at radius 3 is 2.84 bits per heavy atom. The standard InChI is InChI=1S/C15H18N2O2/c1-4-6-13-16-14(10(2)15(18)17-13)11-7-5-8-12(9-11)19-3/h5,7-9H,4,6H2,1-3H3,(H,16,17,18). The van der Waals surface area contributed by atoms with E-state index in [2.05, 4.69) is 16.9 Å². The van der Waals surface area contributed by atoms with Crippen LogP contribution in [0.1, 0.15) is 24.7 Å². The van der Waals surface area contributed by atoms with Gasteiger partial charge in [0.25, 0.3) is 5.56 Å². The second kappa shape index (κ2) is 5.69. The van der Waals surface area contributed by atoms with Gasteiger partial charge in [-0.3, -0.25) is 4.79 Å². The molecule has 4 heteroatoms. The first-order valence-corrected chi connectivity index (χ1v) is 6.40. The lowest BCUT2D eigenvalue weighted by Crippen LogP contribution is -2.16. The highest BCUT2D eigenvalue weighted by atomic mass is 16.5. The number of aromatic amines is 1. The third kappa shape index (κ3) is 2.84. The van der Waals surface area contributed by atoms with Gasteiger partial charge in [-0.2, -0.15) is 0 Å². The number of hydrogen-bond acceptors (Lipinski definition) is 3. The topological polar surface area (TPSA) is 55.0 Å². The van der Waals surface area contributed by atoms with Crippen LogP contribution >= 0.6 is 0 Å². The molecule has 0 bridgehead atoms. The Hall–Kier alpha value is -2.10. The molecule has 2 rings (SSSR count). The summed E-state index contributed by atoms with van der Waals surface area (Å²) in [5.41, 5.74) is 2.19. The lowest BCUT2D eigenvalue weighted by Gasteiger charge is -2.08. The molecule has 0 aliphatic carbocycles. The predicted molar refractivity (Wildman–Crippen MR) is 75.6 cm³/mol. The summed E-state index contributed by atoms with van der Waals surface area (Å²) in [6, 6.07) is 7.60. The summed E-state index contributed by atoms with van der Waals surface area (Å²) >= 11 is 0. The Bertz CT molecular complexity index is 632. The number of nitrogens with one attached hydrogen (secondary N) is 1. The summed E-state index contributed by atoms with van der Waals surface area (Å²) in [5, 5.41) is 0. The van der Waals surface area contributed by atoms with E-state index in [1.165, 1.54) is 0 Å². The number of benzene rings is 1. The minimum Gasteiger partial charge on any atom is -0.497 e. The van der Waals surface area contributed by atoms with Crippen molar-refractivity contribution in [1.29, 1.82) is 0 Å². The van der Waals surface area contributed by atoms with E-state index in [9.17, 15) is 4.79 Å². The second-order valence-electron chi connectivity index (χ2n) is 4.47. The fourth-order valence-corrected chi connectivity index (χ4v) is 1.99. The largest absolute Gasteiger partial charge is 0.497 e. The van der Waals surface area contributed by atoms with Crippen molar-refractivity contribution in [2.75, 3.05) is 7.11 Å². The number of rotatable bonds is 4. The van der Waals surface area contributed by atoms with Gasteiger partial charge >= 0.3 is 0 Å². The lowest BCUT2D eigenvalue weighted by molar-refractivity contribution is 0.415. The van der Waals surface area contributed by atoms with Gasteiger partial charge in [0, 0.05) is 17.5 Å². The molecule has 100 valence electrons. The van der Waals surface area contributed by atoms with Crippen molar-refractivity contribution in [1.82, 2.24) is 9.97 Å². The maximum absolute atomic E-state index is 11.9. The average molecular weight is 258 g/mol. The monoisotopic (exact) mass is 258 g/mol. The van der Waals surface area contributed by atoms with Gasteiger partial charge in [0.2, 0.25) is 0 Å². The molecule has 0 unspecified atom stereocenters. The molecule has 1 aromatic heterocycles. The Labute approximate surface area is 112 Å². The van der Waals surface area contributed by atoms with Crippen molar-refractivity contribution in [2.45, 2.75) is 26.7 Å². The first-order chi connectivity index (χ1) is 9.15. The van der Waals surface area contributed by atoms with Gasteiger partial charge in [0.15, 0.2) is 0 Å². The molecule has 0 saturated heterocycles. The first kappa shape index (κ1) is 13.3. The third-order valence-electron chi connectivity index (χ3n) is 3.03. The van der Waals surface area contributed by atoms with E-state index in [1.807, 2.05) is 24.3 Å². The van der Waals surface area contributed by atoms with E-state index in [1.54, 1.807) is 14.0 Å². The van der Waals surface area contributed by atoms with Gasteiger partial charge in [-0.1, -0.05) is 19.1 Å². The predicted octanol–water partition coefficient (Wildman–Crippen LogP) is 2.71. The number of hydrogen-bond donors (Lipinski definition) is 1. The fourth-order valence-electron chi connectivity index (χ4n) is 1.99. The molecule has 0 fully saturated rings. The smallest absolute Gasteiger partial charge is 0.254 e.